The molecule has 0 fully saturated rings. The van der Waals surface area contributed by atoms with Gasteiger partial charge in [-0.05, 0) is 122 Å². The van der Waals surface area contributed by atoms with E-state index in [2.05, 4.69) is 171 Å². The van der Waals surface area contributed by atoms with Crippen LogP contribution >= 0.6 is 0 Å². The van der Waals surface area contributed by atoms with E-state index < -0.39 is 0 Å². The first kappa shape index (κ1) is 28.5. The molecule has 0 unspecified atom stereocenters. The second-order valence-corrected chi connectivity index (χ2v) is 13.3. The lowest BCUT2D eigenvalue weighted by Crippen LogP contribution is -1.92. The Balaban J connectivity index is 1.20. The van der Waals surface area contributed by atoms with Gasteiger partial charge in [-0.2, -0.15) is 0 Å². The van der Waals surface area contributed by atoms with E-state index in [0.29, 0.717) is 0 Å². The van der Waals surface area contributed by atoms with E-state index in [4.69, 9.17) is 0 Å². The number of rotatable bonds is 5. The number of hydrogen-bond donors (Lipinski definition) is 0. The smallest absolute Gasteiger partial charge is 0.00201 e. The summed E-state index contributed by atoms with van der Waals surface area (Å²) >= 11 is 0. The van der Waals surface area contributed by atoms with E-state index in [1.54, 1.807) is 0 Å². The van der Waals surface area contributed by atoms with E-state index >= 15 is 0 Å². The molecule has 0 N–H and O–H groups in total. The number of benzene rings is 9. The molecule has 0 bridgehead atoms. The Morgan fingerprint density at radius 3 is 1.60 bits per heavy atom. The molecule has 1 aliphatic carbocycles. The van der Waals surface area contributed by atoms with E-state index in [0.717, 1.165) is 11.1 Å². The van der Waals surface area contributed by atoms with Crippen molar-refractivity contribution in [3.05, 3.63) is 182 Å². The van der Waals surface area contributed by atoms with E-state index in [-0.39, 0.29) is 0 Å². The normalized spacial score (nSPS) is 11.8. The average molecular weight is 633 g/mol. The molecule has 0 aromatic heterocycles. The van der Waals surface area contributed by atoms with Gasteiger partial charge in [0.05, 0.1) is 0 Å². The lowest BCUT2D eigenvalue weighted by atomic mass is 9.83. The molecule has 9 aromatic rings. The van der Waals surface area contributed by atoms with Gasteiger partial charge in [0, 0.05) is 0 Å². The molecule has 0 heteroatoms. The molecule has 0 nitrogen and oxygen atoms in total. The minimum absolute atomic E-state index is 1.10. The first-order valence-corrected chi connectivity index (χ1v) is 17.3. The van der Waals surface area contributed by atoms with E-state index in [1.807, 2.05) is 12.2 Å². The Kier molecular flexibility index (Phi) is 6.28. The summed E-state index contributed by atoms with van der Waals surface area (Å²) in [5.74, 6) is 0. The van der Waals surface area contributed by atoms with Crippen LogP contribution in [-0.4, -0.2) is 0 Å². The van der Waals surface area contributed by atoms with Crippen LogP contribution in [0.25, 0.3) is 111 Å². The van der Waals surface area contributed by atoms with Crippen LogP contribution in [0.4, 0.5) is 0 Å². The van der Waals surface area contributed by atoms with Gasteiger partial charge in [-0.25, -0.2) is 0 Å². The van der Waals surface area contributed by atoms with Crippen molar-refractivity contribution in [1.82, 2.24) is 0 Å². The fourth-order valence-corrected chi connectivity index (χ4v) is 8.57. The predicted octanol–water partition coefficient (Wildman–Crippen LogP) is 14.2. The largest absolute Gasteiger partial charge is 0.0984 e. The summed E-state index contributed by atoms with van der Waals surface area (Å²) in [6.45, 7) is 8.08. The van der Waals surface area contributed by atoms with Gasteiger partial charge < -0.3 is 0 Å². The Morgan fingerprint density at radius 1 is 0.340 bits per heavy atom. The van der Waals surface area contributed by atoms with Crippen LogP contribution in [0.15, 0.2) is 171 Å². The SMILES string of the molecule is C=Cc1ccc2cc(-c3cccc(-c4c5ccccc5c(-c5ccc6c7c(cccc57)-c5ccccc5-6)c5ccccc45)c3)ccc2c1C=C. The first-order chi connectivity index (χ1) is 24.7. The first-order valence-electron chi connectivity index (χ1n) is 17.3. The van der Waals surface area contributed by atoms with Crippen LogP contribution in [0, 0.1) is 0 Å². The average Bonchev–Trinajstić information content (AvgIpc) is 3.51. The van der Waals surface area contributed by atoms with Gasteiger partial charge in [0.1, 0.15) is 0 Å². The van der Waals surface area contributed by atoms with Crippen LogP contribution in [0.1, 0.15) is 11.1 Å². The van der Waals surface area contributed by atoms with Crippen LogP contribution in [-0.2, 0) is 0 Å². The van der Waals surface area contributed by atoms with Crippen LogP contribution in [0.3, 0.4) is 0 Å². The van der Waals surface area contributed by atoms with Gasteiger partial charge in [-0.3, -0.25) is 0 Å². The maximum absolute atomic E-state index is 4.08. The Morgan fingerprint density at radius 2 is 0.900 bits per heavy atom. The van der Waals surface area contributed by atoms with Gasteiger partial charge in [0.15, 0.2) is 0 Å². The Labute approximate surface area is 291 Å². The molecule has 0 radical (unpaired) electrons. The van der Waals surface area contributed by atoms with E-state index in [9.17, 15) is 0 Å². The monoisotopic (exact) mass is 632 g/mol. The third-order valence-corrected chi connectivity index (χ3v) is 10.8. The number of fused-ring (bicyclic) bond motifs is 6. The minimum Gasteiger partial charge on any atom is -0.0984 e. The third kappa shape index (κ3) is 4.06. The molecule has 50 heavy (non-hydrogen) atoms. The summed E-state index contributed by atoms with van der Waals surface area (Å²) in [6, 6.07) is 58.4. The summed E-state index contributed by atoms with van der Waals surface area (Å²) in [5.41, 5.74) is 15.0. The van der Waals surface area contributed by atoms with Crippen molar-refractivity contribution in [2.45, 2.75) is 0 Å². The molecular weight excluding hydrogens is 601 g/mol. The molecule has 0 heterocycles. The molecule has 0 atom stereocenters. The topological polar surface area (TPSA) is 0 Å². The van der Waals surface area contributed by atoms with E-state index in [1.165, 1.54) is 98.7 Å². The van der Waals surface area contributed by atoms with Gasteiger partial charge in [0.25, 0.3) is 0 Å². The highest BCUT2D eigenvalue weighted by atomic mass is 14.3. The van der Waals surface area contributed by atoms with Crippen molar-refractivity contribution in [2.75, 3.05) is 0 Å². The van der Waals surface area contributed by atoms with Gasteiger partial charge in [0.2, 0.25) is 0 Å². The fourth-order valence-electron chi connectivity index (χ4n) is 8.57. The zero-order valence-corrected chi connectivity index (χ0v) is 27.6. The zero-order chi connectivity index (χ0) is 33.3. The molecule has 0 saturated heterocycles. The highest BCUT2D eigenvalue weighted by Crippen LogP contribution is 2.51. The second kappa shape index (κ2) is 11.0. The summed E-state index contributed by atoms with van der Waals surface area (Å²) in [5, 5.41) is 10.1. The van der Waals surface area contributed by atoms with Crippen molar-refractivity contribution in [1.29, 1.82) is 0 Å². The van der Waals surface area contributed by atoms with Crippen molar-refractivity contribution < 1.29 is 0 Å². The van der Waals surface area contributed by atoms with Crippen molar-refractivity contribution in [3.63, 3.8) is 0 Å². The molecule has 232 valence electrons. The molecule has 0 saturated carbocycles. The summed E-state index contributed by atoms with van der Waals surface area (Å²) < 4.78 is 0. The van der Waals surface area contributed by atoms with Gasteiger partial charge >= 0.3 is 0 Å². The second-order valence-electron chi connectivity index (χ2n) is 13.3. The van der Waals surface area contributed by atoms with Crippen molar-refractivity contribution >= 4 is 55.2 Å². The molecule has 1 aliphatic rings. The Hall–Kier alpha value is -6.50. The Bertz CT molecular complexity index is 2810. The minimum atomic E-state index is 1.10. The summed E-state index contributed by atoms with van der Waals surface area (Å²) in [7, 11) is 0. The van der Waals surface area contributed by atoms with Crippen molar-refractivity contribution in [3.8, 4) is 55.6 Å². The summed E-state index contributed by atoms with van der Waals surface area (Å²) in [6.07, 6.45) is 3.83. The summed E-state index contributed by atoms with van der Waals surface area (Å²) in [4.78, 5) is 0. The zero-order valence-electron chi connectivity index (χ0n) is 27.6. The van der Waals surface area contributed by atoms with Gasteiger partial charge in [-0.1, -0.05) is 171 Å². The van der Waals surface area contributed by atoms with Crippen LogP contribution < -0.4 is 0 Å². The maximum atomic E-state index is 4.08. The standard InChI is InChI=1S/C50H32/c1-3-31-23-24-34-29-33(25-26-37(34)36(31)4-2)32-13-11-14-35(30-32)48-41-17-7-9-19-43(41)50(44-20-10-8-18-42(44)48)47-28-27-46-39-16-6-5-15-38(39)40-21-12-22-45(47)49(40)46/h3-30H,1-2H2. The quantitative estimate of drug-likeness (QED) is 0.166. The lowest BCUT2D eigenvalue weighted by molar-refractivity contribution is 1.62. The third-order valence-electron chi connectivity index (χ3n) is 10.8. The fraction of sp³-hybridized carbons (Fsp3) is 0. The maximum Gasteiger partial charge on any atom is -0.00201 e. The van der Waals surface area contributed by atoms with Crippen LogP contribution in [0.2, 0.25) is 0 Å². The molecular formula is C50H32. The molecule has 0 amide bonds. The predicted molar refractivity (Wildman–Crippen MR) is 217 cm³/mol. The number of hydrogen-bond acceptors (Lipinski definition) is 0. The highest BCUT2D eigenvalue weighted by molar-refractivity contribution is 6.26. The highest BCUT2D eigenvalue weighted by Gasteiger charge is 2.24. The molecule has 9 aromatic carbocycles. The lowest BCUT2D eigenvalue weighted by Gasteiger charge is -2.19. The van der Waals surface area contributed by atoms with Crippen LogP contribution in [0.5, 0.6) is 0 Å². The molecule has 0 aliphatic heterocycles. The van der Waals surface area contributed by atoms with Gasteiger partial charge in [-0.15, -0.1) is 0 Å². The molecule has 10 rings (SSSR count). The van der Waals surface area contributed by atoms with Crippen molar-refractivity contribution in [2.24, 2.45) is 0 Å². The molecule has 0 spiro atoms.